The largest absolute Gasteiger partial charge is 0.478 e. The zero-order valence-electron chi connectivity index (χ0n) is 27.4. The smallest absolute Gasteiger partial charge is 0.340 e. The van der Waals surface area contributed by atoms with E-state index < -0.39 is 29.9 Å². The molecule has 8 heteroatoms. The fourth-order valence-electron chi connectivity index (χ4n) is 4.62. The molecule has 0 spiro atoms. The summed E-state index contributed by atoms with van der Waals surface area (Å²) < 4.78 is 10.6. The van der Waals surface area contributed by atoms with Gasteiger partial charge in [-0.05, 0) is 18.3 Å². The van der Waals surface area contributed by atoms with Crippen LogP contribution < -0.4 is 0 Å². The first-order chi connectivity index (χ1) is 20.1. The molecule has 0 aromatic heterocycles. The number of ether oxygens (including phenoxy) is 2. The lowest BCUT2D eigenvalue weighted by Gasteiger charge is -2.28. The van der Waals surface area contributed by atoms with Crippen molar-refractivity contribution in [3.63, 3.8) is 0 Å². The lowest BCUT2D eigenvalue weighted by molar-refractivity contribution is -0.168. The van der Waals surface area contributed by atoms with Crippen LogP contribution in [-0.4, -0.2) is 59.6 Å². The van der Waals surface area contributed by atoms with Gasteiger partial charge in [-0.3, -0.25) is 4.79 Å². The van der Waals surface area contributed by atoms with Crippen molar-refractivity contribution in [1.29, 1.82) is 0 Å². The molecule has 42 heavy (non-hydrogen) atoms. The molecule has 0 rings (SSSR count). The average molecular weight is 596 g/mol. The molecule has 8 nitrogen and oxygen atoms in total. The Hall–Kier alpha value is -2.38. The quantitative estimate of drug-likeness (QED) is 0.0445. The highest BCUT2D eigenvalue weighted by Crippen LogP contribution is 2.16. The number of carbonyl (C=O) groups excluding carboxylic acids is 3. The number of esters is 2. The number of rotatable bonds is 27. The number of carbonyl (C=O) groups is 4. The topological polar surface area (TPSA) is 110 Å². The van der Waals surface area contributed by atoms with Crippen LogP contribution in [-0.2, 0) is 28.7 Å². The van der Waals surface area contributed by atoms with E-state index in [0.717, 1.165) is 30.2 Å². The van der Waals surface area contributed by atoms with Crippen LogP contribution >= 0.6 is 0 Å². The van der Waals surface area contributed by atoms with E-state index in [1.165, 1.54) is 83.5 Å². The van der Waals surface area contributed by atoms with E-state index >= 15 is 0 Å². The highest BCUT2D eigenvalue weighted by molar-refractivity contribution is 6.05. The maximum Gasteiger partial charge on any atom is 0.340 e. The van der Waals surface area contributed by atoms with Gasteiger partial charge < -0.3 is 19.5 Å². The Morgan fingerprint density at radius 2 is 0.952 bits per heavy atom. The van der Waals surface area contributed by atoms with Gasteiger partial charge in [0, 0.05) is 18.7 Å². The molecule has 0 radical (unpaired) electrons. The molecule has 0 heterocycles. The Morgan fingerprint density at radius 3 is 1.29 bits per heavy atom. The van der Waals surface area contributed by atoms with Crippen molar-refractivity contribution >= 4 is 23.8 Å². The van der Waals surface area contributed by atoms with E-state index in [0.29, 0.717) is 12.5 Å². The van der Waals surface area contributed by atoms with Gasteiger partial charge in [0.2, 0.25) is 11.9 Å². The van der Waals surface area contributed by atoms with Crippen LogP contribution in [0.1, 0.15) is 144 Å². The maximum absolute atomic E-state index is 12.9. The third kappa shape index (κ3) is 22.2. The van der Waals surface area contributed by atoms with E-state index in [9.17, 15) is 19.2 Å². The number of carboxylic acids is 1. The first-order valence-electron chi connectivity index (χ1n) is 16.6. The van der Waals surface area contributed by atoms with Crippen molar-refractivity contribution in [2.75, 3.05) is 19.8 Å². The summed E-state index contributed by atoms with van der Waals surface area (Å²) in [7, 11) is 0. The van der Waals surface area contributed by atoms with E-state index in [2.05, 4.69) is 6.92 Å². The molecule has 0 bridgehead atoms. The van der Waals surface area contributed by atoms with E-state index in [1.54, 1.807) is 0 Å². The van der Waals surface area contributed by atoms with Crippen LogP contribution in [0.4, 0.5) is 0 Å². The van der Waals surface area contributed by atoms with Crippen molar-refractivity contribution in [2.45, 2.75) is 150 Å². The van der Waals surface area contributed by atoms with Gasteiger partial charge in [-0.15, -0.1) is 0 Å². The van der Waals surface area contributed by atoms with Crippen LogP contribution in [0.25, 0.3) is 0 Å². The fraction of sp³-hybridized carbons (Fsp3) is 0.824. The van der Waals surface area contributed by atoms with Crippen molar-refractivity contribution in [3.8, 4) is 0 Å². The van der Waals surface area contributed by atoms with Gasteiger partial charge in [0.1, 0.15) is 0 Å². The summed E-state index contributed by atoms with van der Waals surface area (Å²) in [5.74, 6) is -3.66. The van der Waals surface area contributed by atoms with Crippen molar-refractivity contribution in [2.24, 2.45) is 11.8 Å². The van der Waals surface area contributed by atoms with E-state index in [4.69, 9.17) is 14.6 Å². The maximum atomic E-state index is 12.9. The molecule has 0 aliphatic carbocycles. The Morgan fingerprint density at radius 1 is 0.595 bits per heavy atom. The molecule has 1 amide bonds. The van der Waals surface area contributed by atoms with E-state index in [-0.39, 0.29) is 31.6 Å². The number of hydrogen-bond acceptors (Lipinski definition) is 6. The third-order valence-electron chi connectivity index (χ3n) is 7.03. The second-order valence-corrected chi connectivity index (χ2v) is 12.3. The second-order valence-electron chi connectivity index (χ2n) is 12.3. The summed E-state index contributed by atoms with van der Waals surface area (Å²) in [5.41, 5.74) is 0. The Labute approximate surface area is 256 Å². The van der Waals surface area contributed by atoms with Crippen LogP contribution in [0.15, 0.2) is 12.2 Å². The molecule has 1 N–H and O–H groups in total. The SMILES string of the molecule is CCCCCCCCCCCCCCCCCCCN(C(=O)C=CC(=O)O)C(C(=O)OCC(C)C)C(=O)OCC(C)C. The molecular weight excluding hydrogens is 534 g/mol. The Balaban J connectivity index is 4.66. The molecule has 0 aromatic rings. The summed E-state index contributed by atoms with van der Waals surface area (Å²) in [4.78, 5) is 50.9. The molecule has 0 aliphatic heterocycles. The van der Waals surface area contributed by atoms with Crippen LogP contribution in [0.2, 0.25) is 0 Å². The van der Waals surface area contributed by atoms with Gasteiger partial charge >= 0.3 is 17.9 Å². The first kappa shape index (κ1) is 39.6. The summed E-state index contributed by atoms with van der Waals surface area (Å²) in [6.07, 6.45) is 22.3. The van der Waals surface area contributed by atoms with Crippen molar-refractivity contribution < 1.29 is 33.8 Å². The van der Waals surface area contributed by atoms with E-state index in [1.807, 2.05) is 27.7 Å². The Kier molecular flexibility index (Phi) is 24.8. The van der Waals surface area contributed by atoms with Gasteiger partial charge in [-0.1, -0.05) is 137 Å². The molecule has 0 saturated carbocycles. The highest BCUT2D eigenvalue weighted by Gasteiger charge is 2.38. The lowest BCUT2D eigenvalue weighted by Crippen LogP contribution is -2.51. The van der Waals surface area contributed by atoms with Crippen molar-refractivity contribution in [3.05, 3.63) is 12.2 Å². The van der Waals surface area contributed by atoms with Gasteiger partial charge in [-0.2, -0.15) is 0 Å². The predicted molar refractivity (Wildman–Crippen MR) is 168 cm³/mol. The molecule has 0 atom stereocenters. The average Bonchev–Trinajstić information content (AvgIpc) is 2.94. The molecular formula is C34H61NO7. The predicted octanol–water partition coefficient (Wildman–Crippen LogP) is 7.87. The van der Waals surface area contributed by atoms with Crippen molar-refractivity contribution in [1.82, 2.24) is 4.90 Å². The van der Waals surface area contributed by atoms with Gasteiger partial charge in [-0.25, -0.2) is 14.4 Å². The van der Waals surface area contributed by atoms with Crippen LogP contribution in [0, 0.1) is 11.8 Å². The van der Waals surface area contributed by atoms with Crippen LogP contribution in [0.3, 0.4) is 0 Å². The van der Waals surface area contributed by atoms with Gasteiger partial charge in [0.15, 0.2) is 0 Å². The molecule has 0 saturated heterocycles. The molecule has 0 aromatic carbocycles. The monoisotopic (exact) mass is 595 g/mol. The minimum atomic E-state index is -1.57. The lowest BCUT2D eigenvalue weighted by atomic mass is 10.0. The number of aliphatic carboxylic acids is 1. The summed E-state index contributed by atoms with van der Waals surface area (Å²) in [5, 5.41) is 8.98. The number of nitrogens with zero attached hydrogens (tertiary/aromatic N) is 1. The van der Waals surface area contributed by atoms with Gasteiger partial charge in [0.25, 0.3) is 0 Å². The number of carboxylic acid groups (broad SMARTS) is 1. The fourth-order valence-corrected chi connectivity index (χ4v) is 4.62. The number of hydrogen-bond donors (Lipinski definition) is 1. The van der Waals surface area contributed by atoms with Crippen LogP contribution in [0.5, 0.6) is 0 Å². The normalized spacial score (nSPS) is 11.5. The zero-order chi connectivity index (χ0) is 31.6. The molecule has 0 fully saturated rings. The first-order valence-corrected chi connectivity index (χ1v) is 16.6. The van der Waals surface area contributed by atoms with Gasteiger partial charge in [0.05, 0.1) is 13.2 Å². The highest BCUT2D eigenvalue weighted by atomic mass is 16.6. The second kappa shape index (κ2) is 26.3. The minimum absolute atomic E-state index is 0.0439. The number of unbranched alkanes of at least 4 members (excludes halogenated alkanes) is 16. The number of amides is 1. The standard InChI is InChI=1S/C34H61NO7/c1-6-7-8-9-10-11-12-13-14-15-16-17-18-19-20-21-22-25-35(30(36)23-24-31(37)38)32(33(39)41-26-28(2)3)34(40)42-27-29(4)5/h23-24,28-29,32H,6-22,25-27H2,1-5H3,(H,37,38). The molecule has 0 unspecified atom stereocenters. The zero-order valence-corrected chi connectivity index (χ0v) is 27.4. The third-order valence-corrected chi connectivity index (χ3v) is 7.03. The molecule has 244 valence electrons. The summed E-state index contributed by atoms with van der Waals surface area (Å²) in [6, 6.07) is -1.57. The summed E-state index contributed by atoms with van der Waals surface area (Å²) >= 11 is 0. The summed E-state index contributed by atoms with van der Waals surface area (Å²) in [6.45, 7) is 10.1. The molecule has 0 aliphatic rings. The Bertz CT molecular complexity index is 739. The minimum Gasteiger partial charge on any atom is -0.478 e.